The average molecular weight is 731 g/mol. The maximum atomic E-state index is 13.8. The van der Waals surface area contributed by atoms with E-state index in [0.29, 0.717) is 23.5 Å². The van der Waals surface area contributed by atoms with Crippen LogP contribution in [0.5, 0.6) is 0 Å². The molecule has 2 aromatic rings. The molecule has 5 aliphatic rings. The van der Waals surface area contributed by atoms with E-state index < -0.39 is 59.1 Å². The summed E-state index contributed by atoms with van der Waals surface area (Å²) in [5.41, 5.74) is -2.39. The summed E-state index contributed by atoms with van der Waals surface area (Å²) in [6.07, 6.45) is 5.09. The zero-order chi connectivity index (χ0) is 38.0. The van der Waals surface area contributed by atoms with Crippen LogP contribution in [0.4, 0.5) is 0 Å². The fourth-order valence-corrected chi connectivity index (χ4v) is 11.1. The Balaban J connectivity index is 1.19. The molecule has 0 radical (unpaired) electrons. The lowest BCUT2D eigenvalue weighted by Gasteiger charge is -2.62. The summed E-state index contributed by atoms with van der Waals surface area (Å²) in [6.45, 7) is 8.67. The number of hydrogen-bond donors (Lipinski definition) is 3. The zero-order valence-electron chi connectivity index (χ0n) is 31.5. The Hall–Kier alpha value is -3.57. The van der Waals surface area contributed by atoms with Crippen LogP contribution in [0.15, 0.2) is 72.3 Å². The molecule has 286 valence electrons. The van der Waals surface area contributed by atoms with Crippen molar-refractivity contribution in [2.75, 3.05) is 6.61 Å². The minimum absolute atomic E-state index is 0.0326. The highest BCUT2D eigenvalue weighted by Gasteiger charge is 2.76. The number of ether oxygens (including phenoxy) is 4. The van der Waals surface area contributed by atoms with Gasteiger partial charge in [0, 0.05) is 19.3 Å². The van der Waals surface area contributed by atoms with Gasteiger partial charge in [-0.25, -0.2) is 9.59 Å². The fraction of sp³-hybridized carbons (Fsp3) is 0.605. The molecule has 4 fully saturated rings. The van der Waals surface area contributed by atoms with Crippen LogP contribution in [0.2, 0.25) is 0 Å². The first kappa shape index (κ1) is 37.7. The Morgan fingerprint density at radius 3 is 2.17 bits per heavy atom. The monoisotopic (exact) mass is 730 g/mol. The van der Waals surface area contributed by atoms with Crippen LogP contribution in [0.3, 0.4) is 0 Å². The minimum Gasteiger partial charge on any atom is -0.463 e. The first-order valence-electron chi connectivity index (χ1n) is 19.3. The van der Waals surface area contributed by atoms with Gasteiger partial charge in [-0.3, -0.25) is 4.79 Å². The summed E-state index contributed by atoms with van der Waals surface area (Å²) in [6, 6.07) is 17.4. The van der Waals surface area contributed by atoms with Gasteiger partial charge >= 0.3 is 17.9 Å². The summed E-state index contributed by atoms with van der Waals surface area (Å²) in [5.74, 6) is -3.44. The molecule has 4 aliphatic carbocycles. The molecule has 2 aromatic carbocycles. The molecule has 12 atom stereocenters. The normalized spacial score (nSPS) is 39.6. The number of benzene rings is 2. The van der Waals surface area contributed by atoms with Crippen LogP contribution in [-0.2, 0) is 23.7 Å². The third-order valence-electron chi connectivity index (χ3n) is 14.3. The number of carbonyl (C=O) groups is 3. The molecule has 53 heavy (non-hydrogen) atoms. The molecule has 1 saturated heterocycles. The van der Waals surface area contributed by atoms with Crippen molar-refractivity contribution < 1.29 is 48.7 Å². The SMILES string of the molecule is CC(=O)O[C@H]1CC[C@@]2(C)[C@@H](CC[C@H]3C4=C[C@@H]5O[C@](O)(CC[C@@](C)(CO)OC(=O)c6ccccc6)[C@@H](C)[C@]5(O)[C@@]4(C)[C@H](OC(=O)c4ccccc4)C[C@@H]32)C1. The van der Waals surface area contributed by atoms with E-state index in [9.17, 15) is 29.7 Å². The lowest BCUT2D eigenvalue weighted by Crippen LogP contribution is -2.65. The van der Waals surface area contributed by atoms with Crippen molar-refractivity contribution >= 4 is 17.9 Å². The highest BCUT2D eigenvalue weighted by Crippen LogP contribution is 2.71. The summed E-state index contributed by atoms with van der Waals surface area (Å²) in [7, 11) is 0. The number of carbonyl (C=O) groups excluding carboxylic acids is 3. The van der Waals surface area contributed by atoms with Crippen molar-refractivity contribution in [1.29, 1.82) is 0 Å². The average Bonchev–Trinajstić information content (AvgIpc) is 3.49. The second kappa shape index (κ2) is 13.6. The second-order valence-electron chi connectivity index (χ2n) is 17.1. The van der Waals surface area contributed by atoms with Crippen LogP contribution in [0.25, 0.3) is 0 Å². The standard InChI is InChI=1S/C43H54O10/c1-26-42(48,21-20-39(3,25-44)53-38(47)29-14-10-7-11-15-29)52-36-24-34-32-17-16-30-22-31(50-27(2)45)18-19-40(30,4)33(32)23-35(41(34,5)43(26,36)49)51-37(46)28-12-8-6-9-13-28/h6-15,24,26,30-33,35-36,44,48-49H,16-23,25H2,1-5H3/t26-,30+,31+,32-,33+,35-,36+,39+,40+,41-,42-,43-/m1/s1. The maximum Gasteiger partial charge on any atom is 0.338 e. The van der Waals surface area contributed by atoms with Crippen molar-refractivity contribution in [1.82, 2.24) is 0 Å². The molecule has 1 aliphatic heterocycles. The van der Waals surface area contributed by atoms with E-state index in [4.69, 9.17) is 18.9 Å². The molecule has 10 heteroatoms. The quantitative estimate of drug-likeness (QED) is 0.155. The molecule has 1 heterocycles. The maximum absolute atomic E-state index is 13.8. The number of fused-ring (bicyclic) bond motifs is 7. The van der Waals surface area contributed by atoms with Crippen molar-refractivity contribution in [3.8, 4) is 0 Å². The van der Waals surface area contributed by atoms with Crippen molar-refractivity contribution in [2.24, 2.45) is 34.5 Å². The molecular weight excluding hydrogens is 676 g/mol. The molecular formula is C43H54O10. The third kappa shape index (κ3) is 6.14. The largest absolute Gasteiger partial charge is 0.463 e. The fourth-order valence-electron chi connectivity index (χ4n) is 11.1. The predicted octanol–water partition coefficient (Wildman–Crippen LogP) is 6.17. The van der Waals surface area contributed by atoms with E-state index in [2.05, 4.69) is 6.92 Å². The van der Waals surface area contributed by atoms with Gasteiger partial charge in [0.05, 0.1) is 23.1 Å². The minimum atomic E-state index is -1.84. The van der Waals surface area contributed by atoms with Crippen LogP contribution in [0.1, 0.15) is 107 Å². The summed E-state index contributed by atoms with van der Waals surface area (Å²) < 4.78 is 24.5. The highest BCUT2D eigenvalue weighted by molar-refractivity contribution is 5.90. The molecule has 3 saturated carbocycles. The third-order valence-corrected chi connectivity index (χ3v) is 14.3. The van der Waals surface area contributed by atoms with Crippen molar-refractivity contribution in [3.05, 3.63) is 83.4 Å². The summed E-state index contributed by atoms with van der Waals surface area (Å²) in [4.78, 5) is 38.6. The number of aliphatic hydroxyl groups excluding tert-OH is 1. The molecule has 0 amide bonds. The molecule has 0 unspecified atom stereocenters. The molecule has 7 rings (SSSR count). The van der Waals surface area contributed by atoms with Crippen LogP contribution in [0, 0.1) is 34.5 Å². The second-order valence-corrected chi connectivity index (χ2v) is 17.1. The van der Waals surface area contributed by atoms with E-state index in [1.807, 2.05) is 19.1 Å². The van der Waals surface area contributed by atoms with E-state index in [-0.39, 0.29) is 42.2 Å². The summed E-state index contributed by atoms with van der Waals surface area (Å²) in [5, 5.41) is 35.7. The Kier molecular flexibility index (Phi) is 9.70. The van der Waals surface area contributed by atoms with Gasteiger partial charge in [-0.05, 0) is 106 Å². The highest BCUT2D eigenvalue weighted by atomic mass is 16.7. The van der Waals surface area contributed by atoms with Crippen molar-refractivity contribution in [3.63, 3.8) is 0 Å². The first-order valence-corrected chi connectivity index (χ1v) is 19.3. The Bertz CT molecular complexity index is 1750. The van der Waals surface area contributed by atoms with Gasteiger partial charge in [0.25, 0.3) is 0 Å². The van der Waals surface area contributed by atoms with E-state index in [1.165, 1.54) is 6.92 Å². The number of aliphatic hydroxyl groups is 3. The Labute approximate surface area is 311 Å². The lowest BCUT2D eigenvalue weighted by molar-refractivity contribution is -0.217. The molecule has 0 aromatic heterocycles. The molecule has 3 N–H and O–H groups in total. The molecule has 0 bridgehead atoms. The number of rotatable bonds is 9. The Morgan fingerprint density at radius 1 is 0.906 bits per heavy atom. The molecule has 0 spiro atoms. The van der Waals surface area contributed by atoms with Gasteiger partial charge in [-0.1, -0.05) is 61.9 Å². The van der Waals surface area contributed by atoms with E-state index >= 15 is 0 Å². The van der Waals surface area contributed by atoms with Gasteiger partial charge in [0.1, 0.15) is 29.5 Å². The summed E-state index contributed by atoms with van der Waals surface area (Å²) >= 11 is 0. The first-order chi connectivity index (χ1) is 25.1. The van der Waals surface area contributed by atoms with Gasteiger partial charge in [0.15, 0.2) is 5.79 Å². The van der Waals surface area contributed by atoms with E-state index in [0.717, 1.165) is 37.7 Å². The van der Waals surface area contributed by atoms with Gasteiger partial charge in [0.2, 0.25) is 0 Å². The number of esters is 3. The number of hydrogen-bond acceptors (Lipinski definition) is 10. The molecule has 10 nitrogen and oxygen atoms in total. The van der Waals surface area contributed by atoms with Crippen LogP contribution < -0.4 is 0 Å². The lowest BCUT2D eigenvalue weighted by atomic mass is 9.44. The van der Waals surface area contributed by atoms with Crippen molar-refractivity contribution in [2.45, 2.75) is 121 Å². The van der Waals surface area contributed by atoms with E-state index in [1.54, 1.807) is 68.4 Å². The van der Waals surface area contributed by atoms with Crippen LogP contribution >= 0.6 is 0 Å². The topological polar surface area (TPSA) is 149 Å². The van der Waals surface area contributed by atoms with Crippen LogP contribution in [-0.4, -0.2) is 75.1 Å². The van der Waals surface area contributed by atoms with Gasteiger partial charge in [-0.15, -0.1) is 0 Å². The van der Waals surface area contributed by atoms with Gasteiger partial charge in [-0.2, -0.15) is 0 Å². The van der Waals surface area contributed by atoms with Gasteiger partial charge < -0.3 is 34.3 Å². The Morgan fingerprint density at radius 2 is 1.55 bits per heavy atom. The predicted molar refractivity (Wildman–Crippen MR) is 194 cm³/mol. The smallest absolute Gasteiger partial charge is 0.338 e. The zero-order valence-corrected chi connectivity index (χ0v) is 31.5.